The molecule has 0 saturated carbocycles. The molecule has 0 amide bonds. The molecule has 0 bridgehead atoms. The number of allylic oxidation sites excluding steroid dienone is 2. The molecular formula is C35H44O7. The van der Waals surface area contributed by atoms with Crippen molar-refractivity contribution in [2.45, 2.75) is 99.5 Å². The quantitative estimate of drug-likeness (QED) is 0.255. The van der Waals surface area contributed by atoms with Crippen molar-refractivity contribution in [3.63, 3.8) is 0 Å². The number of hydrogen-bond acceptors (Lipinski definition) is 7. The van der Waals surface area contributed by atoms with Gasteiger partial charge in [0, 0.05) is 39.9 Å². The Hall–Kier alpha value is -3.37. The number of carbonyl (C=O) groups is 3. The molecule has 0 aromatic heterocycles. The van der Waals surface area contributed by atoms with Gasteiger partial charge >= 0.3 is 0 Å². The minimum atomic E-state index is -2.63. The van der Waals surface area contributed by atoms with E-state index in [0.29, 0.717) is 29.0 Å². The molecule has 4 N–H and O–H groups in total. The summed E-state index contributed by atoms with van der Waals surface area (Å²) >= 11 is 0. The molecule has 0 heterocycles. The Morgan fingerprint density at radius 3 is 2.19 bits per heavy atom. The SMILES string of the molecule is CC(=O)C1=C(O)C(C(C)C)[C@@]2(C)C[C@@]3(C)Cc4c(C#CCC(C)C)cc(C(C)(C)C)c(O)c4C(=O)C3=C(O)[C@@]2(O)C1=O. The van der Waals surface area contributed by atoms with Gasteiger partial charge < -0.3 is 20.4 Å². The lowest BCUT2D eigenvalue weighted by Gasteiger charge is -2.59. The summed E-state index contributed by atoms with van der Waals surface area (Å²) in [7, 11) is 0. The van der Waals surface area contributed by atoms with Crippen molar-refractivity contribution in [3.8, 4) is 17.6 Å². The molecule has 0 fully saturated rings. The predicted octanol–water partition coefficient (Wildman–Crippen LogP) is 6.04. The maximum absolute atomic E-state index is 14.4. The van der Waals surface area contributed by atoms with E-state index < -0.39 is 62.2 Å². The molecular weight excluding hydrogens is 532 g/mol. The summed E-state index contributed by atoms with van der Waals surface area (Å²) in [5.74, 6) is 1.63. The van der Waals surface area contributed by atoms with Gasteiger partial charge in [0.2, 0.25) is 5.78 Å². The molecule has 4 rings (SSSR count). The van der Waals surface area contributed by atoms with E-state index >= 15 is 0 Å². The Morgan fingerprint density at radius 2 is 1.69 bits per heavy atom. The maximum Gasteiger partial charge on any atom is 0.209 e. The maximum atomic E-state index is 14.4. The van der Waals surface area contributed by atoms with E-state index in [1.807, 2.05) is 40.7 Å². The summed E-state index contributed by atoms with van der Waals surface area (Å²) in [6, 6.07) is 1.84. The lowest BCUT2D eigenvalue weighted by molar-refractivity contribution is -0.171. The van der Waals surface area contributed by atoms with Crippen molar-refractivity contribution in [1.29, 1.82) is 0 Å². The van der Waals surface area contributed by atoms with Gasteiger partial charge in [-0.1, -0.05) is 74.2 Å². The van der Waals surface area contributed by atoms with E-state index in [1.54, 1.807) is 13.8 Å². The van der Waals surface area contributed by atoms with Crippen LogP contribution in [-0.4, -0.2) is 43.4 Å². The summed E-state index contributed by atoms with van der Waals surface area (Å²) < 4.78 is 0. The average Bonchev–Trinajstić information content (AvgIpc) is 2.81. The second kappa shape index (κ2) is 9.84. The lowest BCUT2D eigenvalue weighted by Crippen LogP contribution is -2.67. The van der Waals surface area contributed by atoms with Crippen LogP contribution in [-0.2, 0) is 21.4 Å². The van der Waals surface area contributed by atoms with Crippen molar-refractivity contribution < 1.29 is 34.8 Å². The molecule has 1 aromatic carbocycles. The molecule has 7 heteroatoms. The summed E-state index contributed by atoms with van der Waals surface area (Å²) in [5.41, 5.74) is -4.73. The van der Waals surface area contributed by atoms with Gasteiger partial charge in [0.1, 0.15) is 22.8 Å². The van der Waals surface area contributed by atoms with Crippen LogP contribution in [0.25, 0.3) is 0 Å². The van der Waals surface area contributed by atoms with E-state index in [9.17, 15) is 34.8 Å². The van der Waals surface area contributed by atoms with Crippen LogP contribution in [0.5, 0.6) is 5.75 Å². The van der Waals surface area contributed by atoms with Crippen molar-refractivity contribution in [2.24, 2.45) is 28.6 Å². The number of fused-ring (bicyclic) bond motifs is 3. The Balaban J connectivity index is 2.09. The molecule has 226 valence electrons. The van der Waals surface area contributed by atoms with E-state index in [1.165, 1.54) is 0 Å². The Labute approximate surface area is 248 Å². The highest BCUT2D eigenvalue weighted by atomic mass is 16.3. The van der Waals surface area contributed by atoms with E-state index in [-0.39, 0.29) is 35.6 Å². The van der Waals surface area contributed by atoms with Crippen molar-refractivity contribution in [1.82, 2.24) is 0 Å². The molecule has 0 aliphatic heterocycles. The topological polar surface area (TPSA) is 132 Å². The van der Waals surface area contributed by atoms with Gasteiger partial charge in [-0.15, -0.1) is 0 Å². The first kappa shape index (κ1) is 31.6. The van der Waals surface area contributed by atoms with E-state index in [0.717, 1.165) is 6.92 Å². The predicted molar refractivity (Wildman–Crippen MR) is 160 cm³/mol. The highest BCUT2D eigenvalue weighted by Crippen LogP contribution is 2.65. The Kier molecular flexibility index (Phi) is 7.40. The molecule has 7 nitrogen and oxygen atoms in total. The van der Waals surface area contributed by atoms with Crippen LogP contribution in [0, 0.1) is 40.4 Å². The fourth-order valence-electron chi connectivity index (χ4n) is 7.83. The minimum Gasteiger partial charge on any atom is -0.511 e. The molecule has 1 unspecified atom stereocenters. The number of aliphatic hydroxyl groups excluding tert-OH is 2. The van der Waals surface area contributed by atoms with E-state index in [2.05, 4.69) is 25.7 Å². The van der Waals surface area contributed by atoms with Crippen LogP contribution in [0.2, 0.25) is 0 Å². The summed E-state index contributed by atoms with van der Waals surface area (Å²) in [6.45, 7) is 18.1. The fourth-order valence-corrected chi connectivity index (χ4v) is 7.83. The van der Waals surface area contributed by atoms with Gasteiger partial charge in [0.05, 0.1) is 5.56 Å². The summed E-state index contributed by atoms with van der Waals surface area (Å²) in [4.78, 5) is 40.9. The summed E-state index contributed by atoms with van der Waals surface area (Å²) in [5, 5.41) is 46.9. The van der Waals surface area contributed by atoms with Crippen LogP contribution in [0.15, 0.2) is 28.7 Å². The number of aromatic hydroxyl groups is 1. The van der Waals surface area contributed by atoms with Crippen molar-refractivity contribution in [3.05, 3.63) is 51.0 Å². The van der Waals surface area contributed by atoms with Crippen molar-refractivity contribution in [2.75, 3.05) is 0 Å². The summed E-state index contributed by atoms with van der Waals surface area (Å²) in [6.07, 6.45) is 0.891. The zero-order chi connectivity index (χ0) is 31.9. The molecule has 4 atom stereocenters. The first-order valence-corrected chi connectivity index (χ1v) is 14.7. The fraction of sp³-hybridized carbons (Fsp3) is 0.571. The number of ketones is 3. The first-order chi connectivity index (χ1) is 19.1. The monoisotopic (exact) mass is 576 g/mol. The van der Waals surface area contributed by atoms with Crippen molar-refractivity contribution >= 4 is 17.3 Å². The molecule has 3 aliphatic carbocycles. The third-order valence-electron chi connectivity index (χ3n) is 9.55. The third-order valence-corrected chi connectivity index (χ3v) is 9.55. The first-order valence-electron chi connectivity index (χ1n) is 14.7. The van der Waals surface area contributed by atoms with Crippen LogP contribution >= 0.6 is 0 Å². The molecule has 1 aromatic rings. The molecule has 42 heavy (non-hydrogen) atoms. The number of Topliss-reactive ketones (excluding diaryl/α,β-unsaturated/α-hetero) is 3. The van der Waals surface area contributed by atoms with Gasteiger partial charge in [-0.3, -0.25) is 14.4 Å². The zero-order valence-electron chi connectivity index (χ0n) is 26.4. The molecule has 0 saturated heterocycles. The van der Waals surface area contributed by atoms with Gasteiger partial charge in [0.15, 0.2) is 17.2 Å². The zero-order valence-corrected chi connectivity index (χ0v) is 26.4. The van der Waals surface area contributed by atoms with Gasteiger partial charge in [0.25, 0.3) is 0 Å². The number of aliphatic hydroxyl groups is 3. The third kappa shape index (κ3) is 4.25. The second-order valence-corrected chi connectivity index (χ2v) is 14.8. The van der Waals surface area contributed by atoms with Crippen LogP contribution in [0.1, 0.15) is 109 Å². The van der Waals surface area contributed by atoms with Crippen LogP contribution < -0.4 is 0 Å². The second-order valence-electron chi connectivity index (χ2n) is 14.8. The van der Waals surface area contributed by atoms with Gasteiger partial charge in [-0.25, -0.2) is 0 Å². The Bertz CT molecular complexity index is 1540. The van der Waals surface area contributed by atoms with Crippen LogP contribution in [0.3, 0.4) is 0 Å². The van der Waals surface area contributed by atoms with E-state index in [4.69, 9.17) is 0 Å². The number of hydrogen-bond donors (Lipinski definition) is 4. The smallest absolute Gasteiger partial charge is 0.209 e. The number of phenols is 1. The lowest BCUT2D eigenvalue weighted by atomic mass is 9.44. The standard InChI is InChI=1S/C35H44O7/c1-17(2)12-11-13-20-14-22(32(6,7)8)27(37)24-21(20)15-33(9)16-34(10)25(18(3)4)28(38)23(19(5)36)30(40)35(34,42)31(41)26(33)29(24)39/h14,17-18,25,37-38,41-42H,12,15-16H2,1-10H3/t25?,33-,34-,35+/m1/s1. The Morgan fingerprint density at radius 1 is 1.10 bits per heavy atom. The molecule has 3 aliphatic rings. The van der Waals surface area contributed by atoms with Gasteiger partial charge in [-0.2, -0.15) is 0 Å². The number of phenolic OH excluding ortho intramolecular Hbond substituents is 1. The highest BCUT2D eigenvalue weighted by Gasteiger charge is 2.71. The molecule has 0 spiro atoms. The van der Waals surface area contributed by atoms with Gasteiger partial charge in [-0.05, 0) is 48.6 Å². The number of carbonyl (C=O) groups excluding carboxylic acids is 3. The minimum absolute atomic E-state index is 0.0105. The van der Waals surface area contributed by atoms with Crippen LogP contribution in [0.4, 0.5) is 0 Å². The molecule has 0 radical (unpaired) electrons. The average molecular weight is 577 g/mol. The largest absolute Gasteiger partial charge is 0.511 e. The highest BCUT2D eigenvalue weighted by molar-refractivity contribution is 6.25. The normalized spacial score (nSPS) is 29.3. The number of benzene rings is 1. The number of rotatable bonds is 3.